The number of alkyl halides is 2. The van der Waals surface area contributed by atoms with Crippen molar-refractivity contribution in [2.24, 2.45) is 5.73 Å². The van der Waals surface area contributed by atoms with E-state index < -0.39 is 25.2 Å². The second-order valence-electron chi connectivity index (χ2n) is 1.54. The van der Waals surface area contributed by atoms with Crippen molar-refractivity contribution in [1.29, 1.82) is 0 Å². The molecule has 0 saturated heterocycles. The molecule has 0 bridgehead atoms. The summed E-state index contributed by atoms with van der Waals surface area (Å²) in [7, 11) is 0. The Bertz CT molecular complexity index is 119. The minimum absolute atomic E-state index is 0.674. The highest BCUT2D eigenvalue weighted by atomic mass is 19.3. The Morgan fingerprint density at radius 3 is 2.50 bits per heavy atom. The average molecular weight is 155 g/mol. The van der Waals surface area contributed by atoms with E-state index in [2.05, 4.69) is 4.74 Å². The lowest BCUT2D eigenvalue weighted by atomic mass is 10.3. The summed E-state index contributed by atoms with van der Waals surface area (Å²) >= 11 is 0. The maximum absolute atomic E-state index is 11.2. The van der Waals surface area contributed by atoms with Crippen LogP contribution in [0.15, 0.2) is 0 Å². The lowest BCUT2D eigenvalue weighted by molar-refractivity contribution is -0.151. The van der Waals surface area contributed by atoms with Crippen LogP contribution in [0, 0.1) is 0 Å². The summed E-state index contributed by atoms with van der Waals surface area (Å²) < 4.78 is 26.0. The van der Waals surface area contributed by atoms with Crippen molar-refractivity contribution in [3.05, 3.63) is 0 Å². The third-order valence-corrected chi connectivity index (χ3v) is 0.719. The van der Waals surface area contributed by atoms with Crippen LogP contribution in [0.1, 0.15) is 0 Å². The van der Waals surface area contributed by atoms with Gasteiger partial charge in [-0.05, 0) is 0 Å². The summed E-state index contributed by atoms with van der Waals surface area (Å²) in [5, 5.41) is 8.04. The molecule has 0 aliphatic carbocycles. The molecule has 0 aliphatic rings. The van der Waals surface area contributed by atoms with Crippen molar-refractivity contribution in [3.8, 4) is 0 Å². The first-order chi connectivity index (χ1) is 4.54. The van der Waals surface area contributed by atoms with E-state index in [1.54, 1.807) is 0 Å². The van der Waals surface area contributed by atoms with Crippen molar-refractivity contribution < 1.29 is 23.4 Å². The van der Waals surface area contributed by atoms with E-state index in [1.807, 2.05) is 0 Å². The van der Waals surface area contributed by atoms with Crippen molar-refractivity contribution in [1.82, 2.24) is 0 Å². The van der Waals surface area contributed by atoms with E-state index >= 15 is 0 Å². The standard InChI is InChI=1S/C4H7F2NO3/c5-4(6)10-1-2(7)3(8)9/h2,4H,1,7H2,(H,8,9)/t2-/m0/s1. The van der Waals surface area contributed by atoms with Gasteiger partial charge >= 0.3 is 12.6 Å². The molecule has 4 nitrogen and oxygen atoms in total. The zero-order valence-corrected chi connectivity index (χ0v) is 4.96. The number of halogens is 2. The van der Waals surface area contributed by atoms with Crippen LogP contribution in [-0.2, 0) is 9.53 Å². The number of rotatable bonds is 4. The van der Waals surface area contributed by atoms with Gasteiger partial charge in [-0.15, -0.1) is 0 Å². The van der Waals surface area contributed by atoms with Crippen LogP contribution in [0.3, 0.4) is 0 Å². The number of carbonyl (C=O) groups is 1. The molecule has 0 fully saturated rings. The molecule has 0 aromatic rings. The highest BCUT2D eigenvalue weighted by Crippen LogP contribution is 1.94. The van der Waals surface area contributed by atoms with Crippen molar-refractivity contribution in [2.75, 3.05) is 6.61 Å². The number of carboxylic acid groups (broad SMARTS) is 1. The molecule has 0 unspecified atom stereocenters. The molecule has 0 heterocycles. The smallest absolute Gasteiger partial charge is 0.345 e. The first-order valence-electron chi connectivity index (χ1n) is 2.42. The van der Waals surface area contributed by atoms with Crippen molar-refractivity contribution in [2.45, 2.75) is 12.7 Å². The summed E-state index contributed by atoms with van der Waals surface area (Å²) in [5.41, 5.74) is 4.81. The van der Waals surface area contributed by atoms with Gasteiger partial charge in [-0.1, -0.05) is 0 Å². The molecule has 3 N–H and O–H groups in total. The maximum atomic E-state index is 11.2. The summed E-state index contributed by atoms with van der Waals surface area (Å²) in [6, 6.07) is -1.38. The van der Waals surface area contributed by atoms with Gasteiger partial charge in [0, 0.05) is 0 Å². The molecule has 0 rings (SSSR count). The zero-order valence-electron chi connectivity index (χ0n) is 4.96. The van der Waals surface area contributed by atoms with Gasteiger partial charge in [0.1, 0.15) is 6.04 Å². The highest BCUT2D eigenvalue weighted by molar-refractivity contribution is 5.73. The van der Waals surface area contributed by atoms with E-state index in [0.717, 1.165) is 0 Å². The monoisotopic (exact) mass is 155 g/mol. The van der Waals surface area contributed by atoms with Gasteiger partial charge in [0.25, 0.3) is 0 Å². The van der Waals surface area contributed by atoms with E-state index in [4.69, 9.17) is 10.8 Å². The zero-order chi connectivity index (χ0) is 8.15. The van der Waals surface area contributed by atoms with Gasteiger partial charge < -0.3 is 15.6 Å². The van der Waals surface area contributed by atoms with Crippen LogP contribution in [0.5, 0.6) is 0 Å². The molecule has 0 radical (unpaired) electrons. The quantitative estimate of drug-likeness (QED) is 0.581. The minimum Gasteiger partial charge on any atom is -0.480 e. The Balaban J connectivity index is 3.40. The Morgan fingerprint density at radius 1 is 1.70 bits per heavy atom. The Hall–Kier alpha value is -0.750. The second kappa shape index (κ2) is 4.13. The second-order valence-corrected chi connectivity index (χ2v) is 1.54. The highest BCUT2D eigenvalue weighted by Gasteiger charge is 2.13. The Labute approximate surface area is 55.6 Å². The van der Waals surface area contributed by atoms with Crippen LogP contribution in [0.25, 0.3) is 0 Å². The predicted octanol–water partition coefficient (Wildman–Crippen LogP) is -0.362. The van der Waals surface area contributed by atoms with Gasteiger partial charge in [0.15, 0.2) is 0 Å². The van der Waals surface area contributed by atoms with E-state index in [9.17, 15) is 13.6 Å². The van der Waals surface area contributed by atoms with Crippen LogP contribution in [0.2, 0.25) is 0 Å². The first-order valence-corrected chi connectivity index (χ1v) is 2.42. The molecule has 10 heavy (non-hydrogen) atoms. The third-order valence-electron chi connectivity index (χ3n) is 0.719. The molecule has 6 heteroatoms. The fourth-order valence-electron chi connectivity index (χ4n) is 0.248. The number of hydrogen-bond acceptors (Lipinski definition) is 3. The normalized spacial score (nSPS) is 13.6. The minimum atomic E-state index is -2.97. The van der Waals surface area contributed by atoms with Crippen molar-refractivity contribution >= 4 is 5.97 Å². The summed E-state index contributed by atoms with van der Waals surface area (Å²) in [6.07, 6.45) is 0. The molecular weight excluding hydrogens is 148 g/mol. The summed E-state index contributed by atoms with van der Waals surface area (Å²) in [4.78, 5) is 9.86. The van der Waals surface area contributed by atoms with Crippen LogP contribution >= 0.6 is 0 Å². The number of hydrogen-bond donors (Lipinski definition) is 2. The molecule has 0 aliphatic heterocycles. The van der Waals surface area contributed by atoms with Gasteiger partial charge in [0.05, 0.1) is 6.61 Å². The number of ether oxygens (including phenoxy) is 1. The number of carboxylic acids is 1. The molecule has 0 aromatic carbocycles. The van der Waals surface area contributed by atoms with E-state index in [1.165, 1.54) is 0 Å². The molecule has 0 amide bonds. The Morgan fingerprint density at radius 2 is 2.20 bits per heavy atom. The van der Waals surface area contributed by atoms with Gasteiger partial charge in [0.2, 0.25) is 0 Å². The molecule has 60 valence electrons. The molecule has 0 aromatic heterocycles. The Kier molecular flexibility index (Phi) is 3.82. The largest absolute Gasteiger partial charge is 0.480 e. The molecule has 1 atom stereocenters. The summed E-state index contributed by atoms with van der Waals surface area (Å²) in [6.45, 7) is -3.64. The molecule has 0 spiro atoms. The summed E-state index contributed by atoms with van der Waals surface area (Å²) in [5.74, 6) is -1.36. The van der Waals surface area contributed by atoms with Crippen LogP contribution < -0.4 is 5.73 Å². The average Bonchev–Trinajstić information content (AvgIpc) is 1.82. The van der Waals surface area contributed by atoms with E-state index in [0.29, 0.717) is 0 Å². The van der Waals surface area contributed by atoms with Crippen LogP contribution in [0.4, 0.5) is 8.78 Å². The lowest BCUT2D eigenvalue weighted by Crippen LogP contribution is -2.35. The van der Waals surface area contributed by atoms with Gasteiger partial charge in [-0.3, -0.25) is 4.79 Å². The lowest BCUT2D eigenvalue weighted by Gasteiger charge is -2.05. The van der Waals surface area contributed by atoms with Crippen molar-refractivity contribution in [3.63, 3.8) is 0 Å². The van der Waals surface area contributed by atoms with E-state index in [-0.39, 0.29) is 0 Å². The number of aliphatic carboxylic acids is 1. The fourth-order valence-corrected chi connectivity index (χ4v) is 0.248. The maximum Gasteiger partial charge on any atom is 0.345 e. The van der Waals surface area contributed by atoms with Gasteiger partial charge in [-0.2, -0.15) is 8.78 Å². The molecule has 0 saturated carbocycles. The number of nitrogens with two attached hydrogens (primary N) is 1. The SMILES string of the molecule is N[C@@H](COC(F)F)C(=O)O. The third kappa shape index (κ3) is 4.16. The predicted molar refractivity (Wildman–Crippen MR) is 27.6 cm³/mol. The first kappa shape index (κ1) is 9.25. The molecular formula is C4H7F2NO3. The topological polar surface area (TPSA) is 72.5 Å². The van der Waals surface area contributed by atoms with Crippen LogP contribution in [-0.4, -0.2) is 30.3 Å². The fraction of sp³-hybridized carbons (Fsp3) is 0.750. The van der Waals surface area contributed by atoms with Gasteiger partial charge in [-0.25, -0.2) is 0 Å².